The standard InChI is InChI=1S/C33H34N2O5S/c1-5-7-8-17-40-23-13-11-22(12-14-23)29-28(30(36)25-18-20(3)9-10-21(25)4)31(37)32(38)35(29)33-34-26-16-15-24(39-6-2)19-27(26)41-33/h9-16,18-19,29,36H,5-8,17H2,1-4H3. The van der Waals surface area contributed by atoms with Crippen LogP contribution in [-0.2, 0) is 9.59 Å². The molecule has 41 heavy (non-hydrogen) atoms. The summed E-state index contributed by atoms with van der Waals surface area (Å²) in [6.45, 7) is 9.00. The van der Waals surface area contributed by atoms with E-state index in [2.05, 4.69) is 6.92 Å². The summed E-state index contributed by atoms with van der Waals surface area (Å²) in [6, 6.07) is 17.7. The molecule has 1 saturated heterocycles. The number of amides is 1. The number of carbonyl (C=O) groups is 2. The van der Waals surface area contributed by atoms with Gasteiger partial charge in [0.25, 0.3) is 5.78 Å². The number of carbonyl (C=O) groups excluding carboxylic acids is 2. The van der Waals surface area contributed by atoms with Crippen molar-refractivity contribution in [2.75, 3.05) is 18.1 Å². The largest absolute Gasteiger partial charge is 0.507 e. The Balaban J connectivity index is 1.62. The molecule has 0 radical (unpaired) electrons. The Bertz CT molecular complexity index is 1620. The summed E-state index contributed by atoms with van der Waals surface area (Å²) in [5, 5.41) is 12.0. The number of hydrogen-bond acceptors (Lipinski definition) is 7. The third kappa shape index (κ3) is 5.70. The van der Waals surface area contributed by atoms with Crippen LogP contribution < -0.4 is 14.4 Å². The third-order valence-electron chi connectivity index (χ3n) is 7.17. The van der Waals surface area contributed by atoms with Crippen LogP contribution in [0.4, 0.5) is 5.13 Å². The summed E-state index contributed by atoms with van der Waals surface area (Å²) in [5.41, 5.74) is 3.66. The fraction of sp³-hybridized carbons (Fsp3) is 0.303. The lowest BCUT2D eigenvalue weighted by Gasteiger charge is -2.23. The molecule has 5 rings (SSSR count). The van der Waals surface area contributed by atoms with Gasteiger partial charge in [0.05, 0.1) is 35.0 Å². The molecule has 1 aliphatic heterocycles. The zero-order valence-electron chi connectivity index (χ0n) is 23.8. The van der Waals surface area contributed by atoms with Gasteiger partial charge < -0.3 is 14.6 Å². The lowest BCUT2D eigenvalue weighted by molar-refractivity contribution is -0.132. The van der Waals surface area contributed by atoms with Gasteiger partial charge in [-0.3, -0.25) is 14.5 Å². The molecule has 1 fully saturated rings. The second kappa shape index (κ2) is 12.1. The van der Waals surface area contributed by atoms with Crippen LogP contribution in [0.2, 0.25) is 0 Å². The predicted octanol–water partition coefficient (Wildman–Crippen LogP) is 7.51. The Labute approximate surface area is 244 Å². The topological polar surface area (TPSA) is 89.0 Å². The molecule has 7 nitrogen and oxygen atoms in total. The van der Waals surface area contributed by atoms with Crippen LogP contribution in [0.5, 0.6) is 11.5 Å². The van der Waals surface area contributed by atoms with Gasteiger partial charge in [0.2, 0.25) is 0 Å². The number of benzene rings is 3. The molecule has 1 N–H and O–H groups in total. The van der Waals surface area contributed by atoms with Crippen LogP contribution in [0.3, 0.4) is 0 Å². The first kappa shape index (κ1) is 28.4. The van der Waals surface area contributed by atoms with E-state index in [9.17, 15) is 14.7 Å². The second-order valence-corrected chi connectivity index (χ2v) is 11.2. The molecule has 0 spiro atoms. The molecule has 8 heteroatoms. The maximum Gasteiger partial charge on any atom is 0.301 e. The van der Waals surface area contributed by atoms with Crippen molar-refractivity contribution >= 4 is 44.1 Å². The molecule has 1 unspecified atom stereocenters. The summed E-state index contributed by atoms with van der Waals surface area (Å²) in [6.07, 6.45) is 3.18. The van der Waals surface area contributed by atoms with Crippen molar-refractivity contribution in [3.63, 3.8) is 0 Å². The average molecular weight is 571 g/mol. The van der Waals surface area contributed by atoms with Gasteiger partial charge in [-0.1, -0.05) is 60.9 Å². The van der Waals surface area contributed by atoms with Gasteiger partial charge in [0, 0.05) is 5.56 Å². The number of hydrogen-bond donors (Lipinski definition) is 1. The van der Waals surface area contributed by atoms with Crippen molar-refractivity contribution in [1.82, 2.24) is 4.98 Å². The van der Waals surface area contributed by atoms with Crippen molar-refractivity contribution in [2.45, 2.75) is 53.0 Å². The molecule has 4 aromatic rings. The van der Waals surface area contributed by atoms with E-state index in [1.165, 1.54) is 16.2 Å². The van der Waals surface area contributed by atoms with Crippen molar-refractivity contribution < 1.29 is 24.2 Å². The Kier molecular flexibility index (Phi) is 8.40. The molecular formula is C33H34N2O5S. The molecular weight excluding hydrogens is 536 g/mol. The molecule has 212 valence electrons. The Morgan fingerprint density at radius 3 is 2.44 bits per heavy atom. The van der Waals surface area contributed by atoms with Crippen LogP contribution >= 0.6 is 11.3 Å². The van der Waals surface area contributed by atoms with Gasteiger partial charge in [0.15, 0.2) is 5.13 Å². The zero-order chi connectivity index (χ0) is 29.1. The van der Waals surface area contributed by atoms with Crippen LogP contribution in [-0.4, -0.2) is 35.0 Å². The highest BCUT2D eigenvalue weighted by atomic mass is 32.1. The van der Waals surface area contributed by atoms with Crippen LogP contribution in [0, 0.1) is 13.8 Å². The molecule has 1 aliphatic rings. The second-order valence-electron chi connectivity index (χ2n) is 10.2. The highest BCUT2D eigenvalue weighted by Gasteiger charge is 2.48. The van der Waals surface area contributed by atoms with Gasteiger partial charge in [0.1, 0.15) is 17.3 Å². The first-order valence-electron chi connectivity index (χ1n) is 14.0. The number of aromatic nitrogens is 1. The zero-order valence-corrected chi connectivity index (χ0v) is 24.6. The normalized spacial score (nSPS) is 16.5. The number of rotatable bonds is 10. The number of thiazole rings is 1. The Morgan fingerprint density at radius 1 is 0.951 bits per heavy atom. The fourth-order valence-electron chi connectivity index (χ4n) is 5.02. The minimum atomic E-state index is -0.865. The Morgan fingerprint density at radius 2 is 1.71 bits per heavy atom. The van der Waals surface area contributed by atoms with Gasteiger partial charge in [-0.2, -0.15) is 0 Å². The molecule has 1 amide bonds. The monoisotopic (exact) mass is 570 g/mol. The summed E-state index contributed by atoms with van der Waals surface area (Å²) in [5.74, 6) is -0.261. The Hall–Kier alpha value is -4.17. The number of nitrogens with zero attached hydrogens (tertiary/aromatic N) is 2. The summed E-state index contributed by atoms with van der Waals surface area (Å²) in [4.78, 5) is 33.4. The van der Waals surface area contributed by atoms with E-state index in [-0.39, 0.29) is 11.3 Å². The molecule has 2 heterocycles. The minimum Gasteiger partial charge on any atom is -0.507 e. The molecule has 0 saturated carbocycles. The van der Waals surface area contributed by atoms with Crippen molar-refractivity contribution in [3.8, 4) is 11.5 Å². The SMILES string of the molecule is CCCCCOc1ccc(C2C(=C(O)c3cc(C)ccc3C)C(=O)C(=O)N2c2nc3ccc(OCC)cc3s2)cc1. The number of aliphatic hydroxyl groups is 1. The van der Waals surface area contributed by atoms with Gasteiger partial charge >= 0.3 is 5.91 Å². The number of ketones is 1. The van der Waals surface area contributed by atoms with Gasteiger partial charge in [-0.05, 0) is 74.7 Å². The summed E-state index contributed by atoms with van der Waals surface area (Å²) >= 11 is 1.31. The average Bonchev–Trinajstić information content (AvgIpc) is 3.50. The van der Waals surface area contributed by atoms with E-state index in [1.54, 1.807) is 0 Å². The smallest absolute Gasteiger partial charge is 0.301 e. The molecule has 1 aromatic heterocycles. The van der Waals surface area contributed by atoms with Crippen LogP contribution in [0.15, 0.2) is 66.2 Å². The van der Waals surface area contributed by atoms with Gasteiger partial charge in [-0.25, -0.2) is 4.98 Å². The summed E-state index contributed by atoms with van der Waals surface area (Å²) in [7, 11) is 0. The highest BCUT2D eigenvalue weighted by Crippen LogP contribution is 2.45. The third-order valence-corrected chi connectivity index (χ3v) is 8.19. The lowest BCUT2D eigenvalue weighted by atomic mass is 9.93. The van der Waals surface area contributed by atoms with Crippen LogP contribution in [0.1, 0.15) is 61.4 Å². The van der Waals surface area contributed by atoms with E-state index >= 15 is 0 Å². The molecule has 0 bridgehead atoms. The van der Waals surface area contributed by atoms with E-state index in [4.69, 9.17) is 14.5 Å². The first-order valence-corrected chi connectivity index (χ1v) is 14.8. The van der Waals surface area contributed by atoms with E-state index in [0.717, 1.165) is 35.1 Å². The molecule has 3 aromatic carbocycles. The quantitative estimate of drug-likeness (QED) is 0.0919. The number of fused-ring (bicyclic) bond motifs is 1. The lowest BCUT2D eigenvalue weighted by Crippen LogP contribution is -2.29. The number of Topliss-reactive ketones (excluding diaryl/α,β-unsaturated/α-hetero) is 1. The number of ether oxygens (including phenoxy) is 2. The maximum absolute atomic E-state index is 13.7. The number of unbranched alkanes of at least 4 members (excludes halogenated alkanes) is 2. The van der Waals surface area contributed by atoms with Crippen molar-refractivity contribution in [1.29, 1.82) is 0 Å². The van der Waals surface area contributed by atoms with Crippen molar-refractivity contribution in [3.05, 3.63) is 88.5 Å². The minimum absolute atomic E-state index is 0.0366. The maximum atomic E-state index is 13.7. The number of anilines is 1. The number of aliphatic hydroxyl groups excluding tert-OH is 1. The van der Waals surface area contributed by atoms with E-state index in [0.29, 0.717) is 46.5 Å². The van der Waals surface area contributed by atoms with Crippen molar-refractivity contribution in [2.24, 2.45) is 0 Å². The van der Waals surface area contributed by atoms with Gasteiger partial charge in [-0.15, -0.1) is 0 Å². The fourth-order valence-corrected chi connectivity index (χ4v) is 6.04. The van der Waals surface area contributed by atoms with Crippen LogP contribution in [0.25, 0.3) is 16.0 Å². The highest BCUT2D eigenvalue weighted by molar-refractivity contribution is 7.22. The van der Waals surface area contributed by atoms with E-state index < -0.39 is 17.7 Å². The van der Waals surface area contributed by atoms with E-state index in [1.807, 2.05) is 81.4 Å². The first-order chi connectivity index (χ1) is 19.8. The molecule has 1 atom stereocenters. The molecule has 0 aliphatic carbocycles. The summed E-state index contributed by atoms with van der Waals surface area (Å²) < 4.78 is 12.4. The predicted molar refractivity (Wildman–Crippen MR) is 163 cm³/mol. The number of aryl methyl sites for hydroxylation is 2.